The van der Waals surface area contributed by atoms with Crippen LogP contribution in [0.25, 0.3) is 0 Å². The van der Waals surface area contributed by atoms with Gasteiger partial charge in [-0.3, -0.25) is 0 Å². The zero-order chi connectivity index (χ0) is 6.78. The summed E-state index contributed by atoms with van der Waals surface area (Å²) in [5.41, 5.74) is 0. The predicted molar refractivity (Wildman–Crippen MR) is 23.8 cm³/mol. The van der Waals surface area contributed by atoms with Gasteiger partial charge in [0.15, 0.2) is 0 Å². The van der Waals surface area contributed by atoms with E-state index in [-0.39, 0.29) is 59.1 Å². The molecule has 0 aromatic rings. The Morgan fingerprint density at radius 1 is 1.50 bits per heavy atom. The van der Waals surface area contributed by atoms with Crippen LogP contribution in [0.2, 0.25) is 0 Å². The molecule has 0 aromatic carbocycles. The maximum atomic E-state index is 9.71. The minimum atomic E-state index is -4.82. The van der Waals surface area contributed by atoms with Crippen LogP contribution in [0, 0.1) is 0 Å². The molecule has 0 saturated carbocycles. The van der Waals surface area contributed by atoms with E-state index in [2.05, 4.69) is 6.58 Å². The van der Waals surface area contributed by atoms with Crippen molar-refractivity contribution in [2.24, 2.45) is 0 Å². The summed E-state index contributed by atoms with van der Waals surface area (Å²) in [4.78, 5) is 19.4. The minimum Gasteiger partial charge on any atom is -0.809 e. The topological polar surface area (TPSA) is 83.4 Å². The van der Waals surface area contributed by atoms with E-state index in [9.17, 15) is 14.4 Å². The van der Waals surface area contributed by atoms with Gasteiger partial charge in [0.2, 0.25) is 0 Å². The van der Waals surface area contributed by atoms with E-state index in [1.807, 2.05) is 0 Å². The molecule has 1 atom stereocenters. The van der Waals surface area contributed by atoms with Crippen LogP contribution in [-0.4, -0.2) is 11.0 Å². The number of rotatable bonds is 2. The van der Waals surface area contributed by atoms with Crippen LogP contribution in [0.3, 0.4) is 0 Å². The fourth-order valence-corrected chi connectivity index (χ4v) is 0.387. The molecule has 0 heterocycles. The first-order valence-electron chi connectivity index (χ1n) is 1.81. The predicted octanol–water partition coefficient (Wildman–Crippen LogP) is -7.59. The molecule has 0 aliphatic carbocycles. The Kier molecular flexibility index (Phi) is 13.4. The second kappa shape index (κ2) is 7.50. The van der Waals surface area contributed by atoms with Crippen LogP contribution in [0.4, 0.5) is 0 Å². The molecule has 0 fully saturated rings. The first-order valence-corrected chi connectivity index (χ1v) is 3.42. The second-order valence-corrected chi connectivity index (χ2v) is 2.80. The summed E-state index contributed by atoms with van der Waals surface area (Å²) in [5, 5.41) is 8.19. The average molecular weight is 182 g/mol. The Hall–Kier alpha value is 1.85. The molecule has 0 aromatic heterocycles. The smallest absolute Gasteiger partial charge is 0.809 e. The molecule has 4 nitrogen and oxygen atoms in total. The summed E-state index contributed by atoms with van der Waals surface area (Å²) in [6.45, 7) is 2.90. The van der Waals surface area contributed by atoms with Crippen molar-refractivity contribution in [3.05, 3.63) is 12.7 Å². The molecule has 0 aliphatic heterocycles. The Labute approximate surface area is 103 Å². The summed E-state index contributed by atoms with van der Waals surface area (Å²) in [6.07, 6.45) is 0.667. The van der Waals surface area contributed by atoms with E-state index in [0.717, 1.165) is 0 Å². The molecule has 7 heteroatoms. The van der Waals surface area contributed by atoms with Gasteiger partial charge in [-0.25, -0.2) is 0 Å². The molecule has 0 bridgehead atoms. The first kappa shape index (κ1) is 17.8. The van der Waals surface area contributed by atoms with Crippen molar-refractivity contribution in [2.45, 2.75) is 5.85 Å². The normalized spacial score (nSPS) is 12.3. The third-order valence-corrected chi connectivity index (χ3v) is 1.39. The zero-order valence-electron chi connectivity index (χ0n) is 5.98. The van der Waals surface area contributed by atoms with Crippen LogP contribution in [0.5, 0.6) is 0 Å². The molecule has 48 valence electrons. The quantitative estimate of drug-likeness (QED) is 0.261. The van der Waals surface area contributed by atoms with Crippen LogP contribution in [0.15, 0.2) is 12.7 Å². The monoisotopic (exact) mass is 182 g/mol. The van der Waals surface area contributed by atoms with E-state index in [1.54, 1.807) is 0 Å². The zero-order valence-corrected chi connectivity index (χ0v) is 10.9. The van der Waals surface area contributed by atoms with Crippen molar-refractivity contribution in [1.82, 2.24) is 0 Å². The number of aliphatic hydroxyl groups is 1. The summed E-state index contributed by atoms with van der Waals surface area (Å²) < 4.78 is 9.71. The fourth-order valence-electron chi connectivity index (χ4n) is 0.129. The van der Waals surface area contributed by atoms with Crippen LogP contribution < -0.4 is 68.9 Å². The third kappa shape index (κ3) is 7.95. The number of hydrogen-bond donors (Lipinski definition) is 1. The largest absolute Gasteiger partial charge is 1.00 e. The van der Waals surface area contributed by atoms with Crippen LogP contribution >= 0.6 is 7.60 Å². The van der Waals surface area contributed by atoms with Gasteiger partial charge in [-0.05, 0) is 7.60 Å². The van der Waals surface area contributed by atoms with Crippen molar-refractivity contribution >= 4 is 7.60 Å². The van der Waals surface area contributed by atoms with Gasteiger partial charge >= 0.3 is 59.1 Å². The number of hydrogen-bond acceptors (Lipinski definition) is 4. The van der Waals surface area contributed by atoms with Crippen molar-refractivity contribution in [1.29, 1.82) is 0 Å². The van der Waals surface area contributed by atoms with Gasteiger partial charge in [0, 0.05) is 0 Å². The van der Waals surface area contributed by atoms with Gasteiger partial charge < -0.3 is 19.5 Å². The minimum absolute atomic E-state index is 0. The Balaban J connectivity index is -0.000000245. The molecular formula is C3H5Na2O4P. The van der Waals surface area contributed by atoms with Gasteiger partial charge in [-0.15, -0.1) is 6.58 Å². The first-order chi connectivity index (χ1) is 3.48. The third-order valence-electron chi connectivity index (χ3n) is 0.535. The van der Waals surface area contributed by atoms with Crippen molar-refractivity contribution < 1.29 is 78.6 Å². The molecule has 10 heavy (non-hydrogen) atoms. The Morgan fingerprint density at radius 3 is 1.80 bits per heavy atom. The van der Waals surface area contributed by atoms with Crippen molar-refractivity contribution in [3.8, 4) is 0 Å². The van der Waals surface area contributed by atoms with Gasteiger partial charge in [-0.2, -0.15) is 0 Å². The molecule has 0 saturated heterocycles. The van der Waals surface area contributed by atoms with Gasteiger partial charge in [0.25, 0.3) is 0 Å². The van der Waals surface area contributed by atoms with Crippen molar-refractivity contribution in [2.75, 3.05) is 0 Å². The average Bonchev–Trinajstić information content (AvgIpc) is 1.62. The maximum absolute atomic E-state index is 9.71. The molecule has 0 amide bonds. The van der Waals surface area contributed by atoms with E-state index in [1.165, 1.54) is 0 Å². The van der Waals surface area contributed by atoms with E-state index < -0.39 is 13.4 Å². The fraction of sp³-hybridized carbons (Fsp3) is 0.333. The molecule has 0 spiro atoms. The molecule has 0 rings (SSSR count). The van der Waals surface area contributed by atoms with Gasteiger partial charge in [0.1, 0.15) is 0 Å². The molecule has 0 aliphatic rings. The summed E-state index contributed by atoms with van der Waals surface area (Å²) in [6, 6.07) is 0. The van der Waals surface area contributed by atoms with Crippen LogP contribution in [0.1, 0.15) is 0 Å². The summed E-state index contributed by atoms with van der Waals surface area (Å²) in [7, 11) is -4.82. The van der Waals surface area contributed by atoms with Crippen LogP contribution in [-0.2, 0) is 4.57 Å². The standard InChI is InChI=1S/C3H7O4P.2Na/c1-2-3(4)8(5,6)7;;/h2-4H,1H2,(H2,5,6,7);;/q;2*+1/p-2. The van der Waals surface area contributed by atoms with Gasteiger partial charge in [0.05, 0.1) is 5.85 Å². The molecule has 0 radical (unpaired) electrons. The maximum Gasteiger partial charge on any atom is 1.00 e. The van der Waals surface area contributed by atoms with E-state index in [0.29, 0.717) is 6.08 Å². The van der Waals surface area contributed by atoms with Gasteiger partial charge in [-0.1, -0.05) is 6.08 Å². The SMILES string of the molecule is C=CC(O)P(=O)([O-])[O-].[Na+].[Na+]. The van der Waals surface area contributed by atoms with E-state index >= 15 is 0 Å². The molecular weight excluding hydrogens is 177 g/mol. The Bertz CT molecular complexity index is 132. The molecule has 1 N–H and O–H groups in total. The van der Waals surface area contributed by atoms with Crippen molar-refractivity contribution in [3.63, 3.8) is 0 Å². The number of aliphatic hydroxyl groups excluding tert-OH is 1. The molecule has 1 unspecified atom stereocenters. The second-order valence-electron chi connectivity index (χ2n) is 1.19. The Morgan fingerprint density at radius 2 is 1.80 bits per heavy atom. The van der Waals surface area contributed by atoms with E-state index in [4.69, 9.17) is 5.11 Å². The summed E-state index contributed by atoms with van der Waals surface area (Å²) >= 11 is 0. The summed E-state index contributed by atoms with van der Waals surface area (Å²) in [5.74, 6) is -1.94.